The predicted molar refractivity (Wildman–Crippen MR) is 49.2 cm³/mol. The van der Waals surface area contributed by atoms with Gasteiger partial charge in [0.05, 0.1) is 25.8 Å². The molecule has 0 saturated carbocycles. The summed E-state index contributed by atoms with van der Waals surface area (Å²) in [7, 11) is 0. The Labute approximate surface area is 112 Å². The quantitative estimate of drug-likeness (QED) is 0.324. The smallest absolute Gasteiger partial charge is 0.545 e. The van der Waals surface area contributed by atoms with Gasteiger partial charge in [0.1, 0.15) is 0 Å². The molecular formula is C9H17NaO5. The van der Waals surface area contributed by atoms with Gasteiger partial charge in [-0.25, -0.2) is 0 Å². The Balaban J connectivity index is -0.000000208. The molecule has 0 bridgehead atoms. The van der Waals surface area contributed by atoms with Gasteiger partial charge >= 0.3 is 29.6 Å². The monoisotopic (exact) mass is 228 g/mol. The number of hydrogen-bond donors (Lipinski definition) is 3. The second-order valence-electron chi connectivity index (χ2n) is 2.85. The third-order valence-corrected chi connectivity index (χ3v) is 1.92. The fourth-order valence-electron chi connectivity index (χ4n) is 0.485. The van der Waals surface area contributed by atoms with Gasteiger partial charge in [-0.15, -0.1) is 0 Å². The number of aliphatic hydroxyl groups excluding tert-OH is 3. The first-order valence-electron chi connectivity index (χ1n) is 4.18. The Morgan fingerprint density at radius 2 is 1.60 bits per heavy atom. The van der Waals surface area contributed by atoms with Crippen molar-refractivity contribution >= 4 is 5.97 Å². The number of aliphatic carboxylic acids is 1. The summed E-state index contributed by atoms with van der Waals surface area (Å²) in [5, 5.41) is 35.1. The van der Waals surface area contributed by atoms with Crippen LogP contribution >= 0.6 is 0 Å². The summed E-state index contributed by atoms with van der Waals surface area (Å²) in [5.41, 5.74) is -0.667. The van der Waals surface area contributed by atoms with Crippen LogP contribution in [0.4, 0.5) is 0 Å². The summed E-state index contributed by atoms with van der Waals surface area (Å²) in [6, 6.07) is 0. The topological polar surface area (TPSA) is 101 Å². The minimum atomic E-state index is -1.23. The van der Waals surface area contributed by atoms with Crippen molar-refractivity contribution < 1.29 is 54.8 Å². The number of rotatable bonds is 5. The first kappa shape index (κ1) is 20.5. The van der Waals surface area contributed by atoms with E-state index in [4.69, 9.17) is 25.2 Å². The Bertz CT molecular complexity index is 150. The molecule has 0 heterocycles. The second kappa shape index (κ2) is 12.2. The molecule has 0 aliphatic carbocycles. The van der Waals surface area contributed by atoms with Crippen LogP contribution in [0.15, 0.2) is 12.7 Å². The van der Waals surface area contributed by atoms with Crippen LogP contribution in [0, 0.1) is 5.41 Å². The third kappa shape index (κ3) is 10.4. The van der Waals surface area contributed by atoms with Gasteiger partial charge in [0.25, 0.3) is 0 Å². The van der Waals surface area contributed by atoms with Crippen LogP contribution in [-0.4, -0.2) is 41.1 Å². The van der Waals surface area contributed by atoms with Gasteiger partial charge in [-0.1, -0.05) is 13.5 Å². The van der Waals surface area contributed by atoms with Crippen LogP contribution < -0.4 is 34.7 Å². The van der Waals surface area contributed by atoms with Crippen LogP contribution in [0.3, 0.4) is 0 Å². The van der Waals surface area contributed by atoms with Crippen molar-refractivity contribution in [1.29, 1.82) is 0 Å². The molecule has 6 heteroatoms. The molecule has 3 N–H and O–H groups in total. The molecule has 0 saturated heterocycles. The van der Waals surface area contributed by atoms with E-state index in [0.29, 0.717) is 6.42 Å². The van der Waals surface area contributed by atoms with Gasteiger partial charge in [-0.2, -0.15) is 0 Å². The minimum absolute atomic E-state index is 0. The zero-order valence-electron chi connectivity index (χ0n) is 9.27. The molecule has 0 rings (SSSR count). The maximum Gasteiger partial charge on any atom is 1.00 e. The van der Waals surface area contributed by atoms with Crippen molar-refractivity contribution in [2.24, 2.45) is 5.41 Å². The van der Waals surface area contributed by atoms with E-state index >= 15 is 0 Å². The first-order chi connectivity index (χ1) is 6.51. The van der Waals surface area contributed by atoms with Gasteiger partial charge < -0.3 is 25.2 Å². The summed E-state index contributed by atoms with van der Waals surface area (Å²) in [6.07, 6.45) is 1.32. The molecule has 84 valence electrons. The predicted octanol–water partition coefficient (Wildman–Crippen LogP) is -4.71. The Morgan fingerprint density at radius 3 is 1.60 bits per heavy atom. The van der Waals surface area contributed by atoms with Gasteiger partial charge in [0, 0.05) is 5.41 Å². The number of carboxylic acid groups (broad SMARTS) is 1. The number of hydrogen-bond acceptors (Lipinski definition) is 5. The molecular weight excluding hydrogens is 211 g/mol. The Hall–Kier alpha value is 0.0900. The summed E-state index contributed by atoms with van der Waals surface area (Å²) in [4.78, 5) is 9.14. The number of carbonyl (C=O) groups excluding carboxylic acids is 1. The molecule has 0 aliphatic heterocycles. The second-order valence-corrected chi connectivity index (χ2v) is 2.85. The molecule has 0 radical (unpaired) electrons. The van der Waals surface area contributed by atoms with Gasteiger partial charge in [0.15, 0.2) is 0 Å². The average molecular weight is 228 g/mol. The van der Waals surface area contributed by atoms with E-state index in [0.717, 1.165) is 6.08 Å². The van der Waals surface area contributed by atoms with Crippen LogP contribution in [0.2, 0.25) is 0 Å². The molecule has 0 spiro atoms. The summed E-state index contributed by atoms with van der Waals surface area (Å²) in [6.45, 7) is 4.25. The molecule has 0 fully saturated rings. The zero-order chi connectivity index (χ0) is 11.6. The Kier molecular flexibility index (Phi) is 16.6. The maximum atomic E-state index is 9.14. The SMILES string of the molecule is C=CC(=O)[O-].CCC(CO)(CO)CO.[Na+]. The normalized spacial score (nSPS) is 9.33. The largest absolute Gasteiger partial charge is 1.00 e. The van der Waals surface area contributed by atoms with Crippen molar-refractivity contribution in [3.05, 3.63) is 12.7 Å². The zero-order valence-corrected chi connectivity index (χ0v) is 11.3. The maximum absolute atomic E-state index is 9.14. The molecule has 0 aromatic heterocycles. The number of carbonyl (C=O) groups is 1. The molecule has 0 aromatic carbocycles. The van der Waals surface area contributed by atoms with E-state index < -0.39 is 11.4 Å². The molecule has 0 aromatic rings. The summed E-state index contributed by atoms with van der Waals surface area (Å²) < 4.78 is 0. The molecule has 0 aliphatic rings. The molecule has 5 nitrogen and oxygen atoms in total. The van der Waals surface area contributed by atoms with E-state index in [1.165, 1.54) is 0 Å². The van der Waals surface area contributed by atoms with Crippen molar-refractivity contribution in [2.75, 3.05) is 19.8 Å². The van der Waals surface area contributed by atoms with Crippen LogP contribution in [0.1, 0.15) is 13.3 Å². The minimum Gasteiger partial charge on any atom is -0.545 e. The van der Waals surface area contributed by atoms with Gasteiger partial charge in [-0.3, -0.25) is 0 Å². The Morgan fingerprint density at radius 1 is 1.33 bits per heavy atom. The van der Waals surface area contributed by atoms with Crippen molar-refractivity contribution in [3.8, 4) is 0 Å². The van der Waals surface area contributed by atoms with Crippen LogP contribution in [-0.2, 0) is 4.79 Å². The van der Waals surface area contributed by atoms with Gasteiger partial charge in [-0.05, 0) is 12.5 Å². The fourth-order valence-corrected chi connectivity index (χ4v) is 0.485. The van der Waals surface area contributed by atoms with Crippen molar-refractivity contribution in [1.82, 2.24) is 0 Å². The average Bonchev–Trinajstić information content (AvgIpc) is 2.23. The molecule has 0 amide bonds. The van der Waals surface area contributed by atoms with Gasteiger partial charge in [0.2, 0.25) is 0 Å². The molecule has 0 atom stereocenters. The van der Waals surface area contributed by atoms with Crippen LogP contribution in [0.25, 0.3) is 0 Å². The van der Waals surface area contributed by atoms with E-state index in [-0.39, 0.29) is 49.4 Å². The van der Waals surface area contributed by atoms with E-state index in [2.05, 4.69) is 6.58 Å². The van der Waals surface area contributed by atoms with Crippen molar-refractivity contribution in [3.63, 3.8) is 0 Å². The summed E-state index contributed by atoms with van der Waals surface area (Å²) >= 11 is 0. The fraction of sp³-hybridized carbons (Fsp3) is 0.667. The third-order valence-electron chi connectivity index (χ3n) is 1.92. The van der Waals surface area contributed by atoms with E-state index in [1.54, 1.807) is 0 Å². The molecule has 0 unspecified atom stereocenters. The molecule has 15 heavy (non-hydrogen) atoms. The van der Waals surface area contributed by atoms with Crippen molar-refractivity contribution in [2.45, 2.75) is 13.3 Å². The first-order valence-corrected chi connectivity index (χ1v) is 4.18. The number of carboxylic acids is 1. The van der Waals surface area contributed by atoms with E-state index in [1.807, 2.05) is 6.92 Å². The summed E-state index contributed by atoms with van der Waals surface area (Å²) in [5.74, 6) is -1.23. The van der Waals surface area contributed by atoms with E-state index in [9.17, 15) is 0 Å². The van der Waals surface area contributed by atoms with Crippen LogP contribution in [0.5, 0.6) is 0 Å². The number of aliphatic hydroxyl groups is 3. The standard InChI is InChI=1S/C6H14O3.C3H4O2.Na/c1-2-6(3-7,4-8)5-9;1-2-3(4)5;/h7-9H,2-5H2,1H3;2H,1H2,(H,4,5);/q;;+1/p-1.